The van der Waals surface area contributed by atoms with Crippen LogP contribution in [0.2, 0.25) is 5.02 Å². The highest BCUT2D eigenvalue weighted by molar-refractivity contribution is 7.92. The van der Waals surface area contributed by atoms with Gasteiger partial charge in [-0.15, -0.1) is 0 Å². The molecule has 1 aromatic heterocycles. The first kappa shape index (κ1) is 20.6. The molecule has 7 nitrogen and oxygen atoms in total. The molecule has 0 fully saturated rings. The minimum atomic E-state index is -3.81. The minimum absolute atomic E-state index is 0.0695. The fraction of sp³-hybridized carbons (Fsp3) is 0. The number of para-hydroxylation sites is 1. The van der Waals surface area contributed by atoms with Crippen molar-refractivity contribution in [2.45, 2.75) is 4.90 Å². The van der Waals surface area contributed by atoms with Crippen molar-refractivity contribution < 1.29 is 13.2 Å². The Bertz CT molecular complexity index is 1320. The first-order chi connectivity index (χ1) is 14.9. The predicted molar refractivity (Wildman–Crippen MR) is 120 cm³/mol. The molecule has 1 heterocycles. The van der Waals surface area contributed by atoms with E-state index in [0.29, 0.717) is 16.3 Å². The van der Waals surface area contributed by atoms with Gasteiger partial charge >= 0.3 is 0 Å². The largest absolute Gasteiger partial charge is 0.319 e. The molecule has 0 spiro atoms. The molecule has 0 saturated carbocycles. The van der Waals surface area contributed by atoms with Crippen LogP contribution in [-0.2, 0) is 10.0 Å². The monoisotopic (exact) mass is 452 g/mol. The number of nitrogens with one attached hydrogen (secondary N) is 2. The second-order valence-electron chi connectivity index (χ2n) is 6.60. The van der Waals surface area contributed by atoms with Crippen molar-refractivity contribution >= 4 is 38.9 Å². The van der Waals surface area contributed by atoms with E-state index in [0.717, 1.165) is 5.69 Å². The van der Waals surface area contributed by atoms with Crippen LogP contribution in [0.4, 0.5) is 11.4 Å². The SMILES string of the molecule is O=C(Nc1cnn(-c2ccccc2)c1)c1cccc(NS(=O)(=O)c2ccc(Cl)cc2)c1. The van der Waals surface area contributed by atoms with Crippen LogP contribution < -0.4 is 10.0 Å². The van der Waals surface area contributed by atoms with Crippen LogP contribution in [0.5, 0.6) is 0 Å². The molecular formula is C22H17ClN4O3S. The molecule has 1 amide bonds. The van der Waals surface area contributed by atoms with Gasteiger partial charge in [-0.1, -0.05) is 35.9 Å². The highest BCUT2D eigenvalue weighted by Gasteiger charge is 2.15. The van der Waals surface area contributed by atoms with Crippen LogP contribution in [0.25, 0.3) is 5.69 Å². The molecule has 0 aliphatic rings. The Morgan fingerprint density at radius 3 is 2.39 bits per heavy atom. The summed E-state index contributed by atoms with van der Waals surface area (Å²) in [5, 5.41) is 7.44. The van der Waals surface area contributed by atoms with Gasteiger partial charge in [-0.05, 0) is 54.6 Å². The molecule has 0 bridgehead atoms. The number of aromatic nitrogens is 2. The second kappa shape index (κ2) is 8.63. The number of amides is 1. The predicted octanol–water partition coefficient (Wildman–Crippen LogP) is 4.58. The third-order valence-electron chi connectivity index (χ3n) is 4.36. The van der Waals surface area contributed by atoms with Gasteiger partial charge in [0.1, 0.15) is 0 Å². The quantitative estimate of drug-likeness (QED) is 0.448. The van der Waals surface area contributed by atoms with E-state index >= 15 is 0 Å². The molecule has 156 valence electrons. The lowest BCUT2D eigenvalue weighted by molar-refractivity contribution is 0.102. The maximum atomic E-state index is 12.6. The van der Waals surface area contributed by atoms with Gasteiger partial charge in [0.15, 0.2) is 0 Å². The average Bonchev–Trinajstić information content (AvgIpc) is 3.23. The summed E-state index contributed by atoms with van der Waals surface area (Å²) in [6.45, 7) is 0. The van der Waals surface area contributed by atoms with Gasteiger partial charge in [0.25, 0.3) is 15.9 Å². The number of hydrogen-bond acceptors (Lipinski definition) is 4. The van der Waals surface area contributed by atoms with Crippen molar-refractivity contribution in [3.05, 3.63) is 102 Å². The Morgan fingerprint density at radius 2 is 1.65 bits per heavy atom. The first-order valence-corrected chi connectivity index (χ1v) is 11.1. The molecule has 0 atom stereocenters. The normalized spacial score (nSPS) is 11.1. The number of hydrogen-bond donors (Lipinski definition) is 2. The Morgan fingerprint density at radius 1 is 0.903 bits per heavy atom. The molecule has 31 heavy (non-hydrogen) atoms. The number of benzene rings is 3. The Kier molecular flexibility index (Phi) is 5.75. The van der Waals surface area contributed by atoms with E-state index in [9.17, 15) is 13.2 Å². The maximum Gasteiger partial charge on any atom is 0.261 e. The van der Waals surface area contributed by atoms with E-state index in [1.54, 1.807) is 29.1 Å². The molecular weight excluding hydrogens is 436 g/mol. The Balaban J connectivity index is 1.48. The molecule has 4 aromatic rings. The zero-order chi connectivity index (χ0) is 21.8. The summed E-state index contributed by atoms with van der Waals surface area (Å²) in [6, 6.07) is 21.5. The van der Waals surface area contributed by atoms with Gasteiger partial charge in [0.2, 0.25) is 0 Å². The van der Waals surface area contributed by atoms with Crippen molar-refractivity contribution in [1.82, 2.24) is 9.78 Å². The summed E-state index contributed by atoms with van der Waals surface area (Å²) in [6.07, 6.45) is 3.23. The van der Waals surface area contributed by atoms with Crippen LogP contribution in [-0.4, -0.2) is 24.1 Å². The fourth-order valence-corrected chi connectivity index (χ4v) is 4.04. The van der Waals surface area contributed by atoms with E-state index in [2.05, 4.69) is 15.1 Å². The standard InChI is InChI=1S/C22H17ClN4O3S/c23-17-9-11-21(12-10-17)31(29,30)26-18-6-4-5-16(13-18)22(28)25-19-14-24-27(15-19)20-7-2-1-3-8-20/h1-15,26H,(H,25,28). The summed E-state index contributed by atoms with van der Waals surface area (Å²) in [4.78, 5) is 12.7. The topological polar surface area (TPSA) is 93.1 Å². The lowest BCUT2D eigenvalue weighted by Gasteiger charge is -2.10. The lowest BCUT2D eigenvalue weighted by Crippen LogP contribution is -2.15. The molecule has 4 rings (SSSR count). The number of carbonyl (C=O) groups is 1. The highest BCUT2D eigenvalue weighted by atomic mass is 35.5. The van der Waals surface area contributed by atoms with Crippen LogP contribution in [0.1, 0.15) is 10.4 Å². The van der Waals surface area contributed by atoms with E-state index in [4.69, 9.17) is 11.6 Å². The fourth-order valence-electron chi connectivity index (χ4n) is 2.86. The number of anilines is 2. The Labute approximate surface area is 184 Å². The summed E-state index contributed by atoms with van der Waals surface area (Å²) < 4.78 is 29.2. The smallest absolute Gasteiger partial charge is 0.261 e. The average molecular weight is 453 g/mol. The molecule has 0 radical (unpaired) electrons. The van der Waals surface area contributed by atoms with Crippen LogP contribution in [0, 0.1) is 0 Å². The van der Waals surface area contributed by atoms with Gasteiger partial charge in [-0.3, -0.25) is 9.52 Å². The van der Waals surface area contributed by atoms with E-state index < -0.39 is 10.0 Å². The minimum Gasteiger partial charge on any atom is -0.319 e. The molecule has 0 unspecified atom stereocenters. The highest BCUT2D eigenvalue weighted by Crippen LogP contribution is 2.20. The van der Waals surface area contributed by atoms with Crippen molar-refractivity contribution in [3.8, 4) is 5.69 Å². The second-order valence-corrected chi connectivity index (χ2v) is 8.72. The van der Waals surface area contributed by atoms with Crippen molar-refractivity contribution in [2.75, 3.05) is 10.0 Å². The van der Waals surface area contributed by atoms with Crippen LogP contribution in [0.3, 0.4) is 0 Å². The number of sulfonamides is 1. The third kappa shape index (κ3) is 4.93. The summed E-state index contributed by atoms with van der Waals surface area (Å²) in [5.41, 5.74) is 1.94. The molecule has 0 saturated heterocycles. The molecule has 3 aromatic carbocycles. The maximum absolute atomic E-state index is 12.6. The zero-order valence-corrected chi connectivity index (χ0v) is 17.6. The van der Waals surface area contributed by atoms with E-state index in [1.165, 1.54) is 36.5 Å². The third-order valence-corrected chi connectivity index (χ3v) is 6.01. The number of rotatable bonds is 6. The number of nitrogens with zero attached hydrogens (tertiary/aromatic N) is 2. The summed E-state index contributed by atoms with van der Waals surface area (Å²) in [7, 11) is -3.81. The summed E-state index contributed by atoms with van der Waals surface area (Å²) >= 11 is 5.81. The number of carbonyl (C=O) groups excluding carboxylic acids is 1. The van der Waals surface area contributed by atoms with Gasteiger partial charge in [-0.2, -0.15) is 5.10 Å². The Hall–Kier alpha value is -3.62. The molecule has 9 heteroatoms. The van der Waals surface area contributed by atoms with Gasteiger partial charge in [0.05, 0.1) is 28.7 Å². The number of halogens is 1. The molecule has 0 aliphatic carbocycles. The van der Waals surface area contributed by atoms with Crippen molar-refractivity contribution in [3.63, 3.8) is 0 Å². The van der Waals surface area contributed by atoms with Gasteiger partial charge < -0.3 is 5.32 Å². The lowest BCUT2D eigenvalue weighted by atomic mass is 10.2. The van der Waals surface area contributed by atoms with Gasteiger partial charge in [-0.25, -0.2) is 13.1 Å². The van der Waals surface area contributed by atoms with Gasteiger partial charge in [0, 0.05) is 16.3 Å². The van der Waals surface area contributed by atoms with E-state index in [1.807, 2.05) is 30.3 Å². The van der Waals surface area contributed by atoms with Crippen LogP contribution in [0.15, 0.2) is 96.2 Å². The van der Waals surface area contributed by atoms with Crippen molar-refractivity contribution in [2.24, 2.45) is 0 Å². The first-order valence-electron chi connectivity index (χ1n) is 9.21. The van der Waals surface area contributed by atoms with Crippen LogP contribution >= 0.6 is 11.6 Å². The van der Waals surface area contributed by atoms with Crippen molar-refractivity contribution in [1.29, 1.82) is 0 Å². The zero-order valence-electron chi connectivity index (χ0n) is 16.1. The summed E-state index contributed by atoms with van der Waals surface area (Å²) in [5.74, 6) is -0.389. The molecule has 2 N–H and O–H groups in total. The molecule has 0 aliphatic heterocycles. The van der Waals surface area contributed by atoms with E-state index in [-0.39, 0.29) is 16.5 Å².